The molecule has 0 aliphatic rings. The normalized spacial score (nSPS) is 11.7. The molecule has 4 aromatic rings. The lowest BCUT2D eigenvalue weighted by Gasteiger charge is -2.27. The third kappa shape index (κ3) is 5.59. The molecule has 0 aliphatic heterocycles. The number of aryl methyl sites for hydroxylation is 1. The van der Waals surface area contributed by atoms with Crippen molar-refractivity contribution in [3.63, 3.8) is 0 Å². The summed E-state index contributed by atoms with van der Waals surface area (Å²) in [5.41, 5.74) is 11.0. The molecule has 4 rings (SSSR count). The number of hydrogen-bond donors (Lipinski definition) is 3. The molecular weight excluding hydrogens is 482 g/mol. The van der Waals surface area contributed by atoms with Crippen molar-refractivity contribution in [1.29, 1.82) is 0 Å². The first kappa shape index (κ1) is 25.8. The quantitative estimate of drug-likeness (QED) is 0.260. The third-order valence-corrected chi connectivity index (χ3v) is 6.96. The molecule has 2 aromatic carbocycles. The Morgan fingerprint density at radius 3 is 2.54 bits per heavy atom. The van der Waals surface area contributed by atoms with Crippen LogP contribution in [0.15, 0.2) is 98.7 Å². The molecule has 0 amide bonds. The van der Waals surface area contributed by atoms with Gasteiger partial charge in [0.25, 0.3) is 5.56 Å². The summed E-state index contributed by atoms with van der Waals surface area (Å²) < 4.78 is 0. The summed E-state index contributed by atoms with van der Waals surface area (Å²) in [6, 6.07) is 19.5. The average molecular weight is 512 g/mol. The second kappa shape index (κ2) is 11.6. The van der Waals surface area contributed by atoms with Crippen LogP contribution in [0.25, 0.3) is 16.8 Å². The molecule has 2 aromatic heterocycles. The van der Waals surface area contributed by atoms with Crippen molar-refractivity contribution in [2.45, 2.75) is 23.6 Å². The molecule has 188 valence electrons. The number of aromatic amines is 1. The number of aliphatic imine (C=N–C) groups is 1. The summed E-state index contributed by atoms with van der Waals surface area (Å²) in [5, 5.41) is 11.5. The lowest BCUT2D eigenvalue weighted by molar-refractivity contribution is 0.459. The van der Waals surface area contributed by atoms with Gasteiger partial charge in [-0.15, -0.1) is 0 Å². The zero-order chi connectivity index (χ0) is 26.4. The number of nitrogens with zero attached hydrogens (tertiary/aromatic N) is 3. The van der Waals surface area contributed by atoms with E-state index < -0.39 is 5.56 Å². The zero-order valence-corrected chi connectivity index (χ0v) is 21.8. The van der Waals surface area contributed by atoms with E-state index in [0.717, 1.165) is 27.3 Å². The Morgan fingerprint density at radius 1 is 1.16 bits per heavy atom. The lowest BCUT2D eigenvalue weighted by atomic mass is 10.0. The number of aromatic hydroxyl groups is 1. The summed E-state index contributed by atoms with van der Waals surface area (Å²) >= 11 is 1.21. The van der Waals surface area contributed by atoms with Gasteiger partial charge in [0.2, 0.25) is 0 Å². The zero-order valence-electron chi connectivity index (χ0n) is 21.0. The smallest absolute Gasteiger partial charge is 0.266 e. The van der Waals surface area contributed by atoms with E-state index in [0.29, 0.717) is 17.9 Å². The van der Waals surface area contributed by atoms with Crippen LogP contribution < -0.4 is 16.2 Å². The van der Waals surface area contributed by atoms with Gasteiger partial charge in [0.15, 0.2) is 5.75 Å². The maximum absolute atomic E-state index is 13.2. The number of para-hydroxylation sites is 1. The molecule has 37 heavy (non-hydrogen) atoms. The van der Waals surface area contributed by atoms with Crippen molar-refractivity contribution in [2.24, 2.45) is 10.7 Å². The van der Waals surface area contributed by atoms with Crippen LogP contribution in [0.5, 0.6) is 5.75 Å². The minimum absolute atomic E-state index is 0.131. The molecule has 4 N–H and O–H groups in total. The van der Waals surface area contributed by atoms with Gasteiger partial charge in [0.05, 0.1) is 11.4 Å². The minimum Gasteiger partial charge on any atom is -0.504 e. The van der Waals surface area contributed by atoms with Gasteiger partial charge in [0, 0.05) is 42.8 Å². The largest absolute Gasteiger partial charge is 0.504 e. The van der Waals surface area contributed by atoms with Gasteiger partial charge < -0.3 is 20.7 Å². The number of anilines is 2. The second-order valence-corrected chi connectivity index (χ2v) is 9.37. The predicted molar refractivity (Wildman–Crippen MR) is 153 cm³/mol. The van der Waals surface area contributed by atoms with Crippen molar-refractivity contribution < 1.29 is 5.11 Å². The van der Waals surface area contributed by atoms with Crippen molar-refractivity contribution >= 4 is 35.0 Å². The summed E-state index contributed by atoms with van der Waals surface area (Å²) in [7, 11) is 1.63. The van der Waals surface area contributed by atoms with Gasteiger partial charge in [-0.2, -0.15) is 0 Å². The van der Waals surface area contributed by atoms with E-state index in [4.69, 9.17) is 5.73 Å². The molecule has 2 heterocycles. The standard InChI is InChI=1S/C29H29N5O2S/c1-4-34(21-8-6-5-7-9-21)26-25(24(30)15-16-31-3)33-29(36)28(27(26)35)37-22-12-10-20(11-13-22)23-14-17-32-18-19(23)2/h5-18H,4,30H2,1-3H3,(H2,33,35,36). The van der Waals surface area contributed by atoms with Crippen LogP contribution in [0, 0.1) is 6.92 Å². The lowest BCUT2D eigenvalue weighted by Crippen LogP contribution is -2.23. The van der Waals surface area contributed by atoms with Gasteiger partial charge in [-0.25, -0.2) is 0 Å². The number of nitrogens with one attached hydrogen (secondary N) is 1. The first-order valence-electron chi connectivity index (χ1n) is 11.8. The van der Waals surface area contributed by atoms with Crippen LogP contribution in [0.2, 0.25) is 0 Å². The maximum atomic E-state index is 13.2. The van der Waals surface area contributed by atoms with Crippen LogP contribution in [0.4, 0.5) is 11.4 Å². The Labute approximate surface area is 220 Å². The highest BCUT2D eigenvalue weighted by atomic mass is 32.2. The van der Waals surface area contributed by atoms with E-state index >= 15 is 0 Å². The highest BCUT2D eigenvalue weighted by Crippen LogP contribution is 2.43. The average Bonchev–Trinajstić information content (AvgIpc) is 2.92. The van der Waals surface area contributed by atoms with Crippen LogP contribution in [-0.2, 0) is 0 Å². The van der Waals surface area contributed by atoms with E-state index in [1.54, 1.807) is 25.5 Å². The second-order valence-electron chi connectivity index (χ2n) is 8.28. The van der Waals surface area contributed by atoms with E-state index in [2.05, 4.69) is 15.0 Å². The summed E-state index contributed by atoms with van der Waals surface area (Å²) in [6.07, 6.45) is 6.74. The van der Waals surface area contributed by atoms with Crippen LogP contribution in [-0.4, -0.2) is 34.9 Å². The number of aromatic nitrogens is 2. The maximum Gasteiger partial charge on any atom is 0.266 e. The van der Waals surface area contributed by atoms with Gasteiger partial charge >= 0.3 is 0 Å². The van der Waals surface area contributed by atoms with Crippen LogP contribution in [0.1, 0.15) is 18.2 Å². The number of allylic oxidation sites excluding steroid dienone is 1. The van der Waals surface area contributed by atoms with E-state index in [1.165, 1.54) is 11.8 Å². The molecule has 0 atom stereocenters. The Bertz CT molecular complexity index is 1500. The van der Waals surface area contributed by atoms with Crippen LogP contribution >= 0.6 is 11.8 Å². The predicted octanol–water partition coefficient (Wildman–Crippen LogP) is 5.76. The minimum atomic E-state index is -0.427. The Balaban J connectivity index is 1.80. The number of benzene rings is 2. The molecule has 0 fully saturated rings. The fourth-order valence-electron chi connectivity index (χ4n) is 4.06. The number of pyridine rings is 2. The molecule has 0 spiro atoms. The van der Waals surface area contributed by atoms with Crippen molar-refractivity contribution in [3.8, 4) is 16.9 Å². The summed E-state index contributed by atoms with van der Waals surface area (Å²) in [6.45, 7) is 4.53. The molecule has 0 bridgehead atoms. The van der Waals surface area contributed by atoms with Gasteiger partial charge in [-0.1, -0.05) is 42.1 Å². The molecular formula is C29H29N5O2S. The Morgan fingerprint density at radius 2 is 1.89 bits per heavy atom. The number of rotatable bonds is 8. The Hall–Kier alpha value is -4.30. The summed E-state index contributed by atoms with van der Waals surface area (Å²) in [4.78, 5) is 27.1. The van der Waals surface area contributed by atoms with Gasteiger partial charge in [-0.05, 0) is 66.9 Å². The number of H-pyrrole nitrogens is 1. The van der Waals surface area contributed by atoms with E-state index in [-0.39, 0.29) is 16.3 Å². The molecule has 0 radical (unpaired) electrons. The van der Waals surface area contributed by atoms with E-state index in [1.807, 2.05) is 85.6 Å². The summed E-state index contributed by atoms with van der Waals surface area (Å²) in [5.74, 6) is -0.131. The van der Waals surface area contributed by atoms with Crippen LogP contribution in [0.3, 0.4) is 0 Å². The molecule has 0 unspecified atom stereocenters. The molecule has 7 nitrogen and oxygen atoms in total. The highest BCUT2D eigenvalue weighted by Gasteiger charge is 2.24. The molecule has 0 saturated heterocycles. The monoisotopic (exact) mass is 511 g/mol. The van der Waals surface area contributed by atoms with Crippen molar-refractivity contribution in [1.82, 2.24) is 9.97 Å². The number of nitrogens with two attached hydrogens (primary N) is 1. The molecule has 0 aliphatic carbocycles. The fraction of sp³-hybridized carbons (Fsp3) is 0.138. The van der Waals surface area contributed by atoms with E-state index in [9.17, 15) is 9.90 Å². The first-order valence-corrected chi connectivity index (χ1v) is 12.6. The van der Waals surface area contributed by atoms with Crippen molar-refractivity contribution in [3.05, 3.63) is 101 Å². The third-order valence-electron chi connectivity index (χ3n) is 5.87. The fourth-order valence-corrected chi connectivity index (χ4v) is 4.91. The first-order chi connectivity index (χ1) is 17.9. The van der Waals surface area contributed by atoms with Gasteiger partial charge in [0.1, 0.15) is 10.6 Å². The highest BCUT2D eigenvalue weighted by molar-refractivity contribution is 7.99. The number of hydrogen-bond acceptors (Lipinski definition) is 7. The topological polar surface area (TPSA) is 108 Å². The molecule has 0 saturated carbocycles. The SMILES string of the molecule is CCN(c1ccccc1)c1c(C(N)=CC=NC)[nH]c(=O)c(Sc2ccc(-c3ccncc3C)cc2)c1O. The molecule has 8 heteroatoms. The van der Waals surface area contributed by atoms with Crippen molar-refractivity contribution in [2.75, 3.05) is 18.5 Å². The Kier molecular flexibility index (Phi) is 8.10. The van der Waals surface area contributed by atoms with Gasteiger partial charge in [-0.3, -0.25) is 14.8 Å².